The Labute approximate surface area is 180 Å². The lowest BCUT2D eigenvalue weighted by Gasteiger charge is -2.09. The quantitative estimate of drug-likeness (QED) is 0.312. The maximum Gasteiger partial charge on any atom is 0.272 e. The summed E-state index contributed by atoms with van der Waals surface area (Å²) < 4.78 is 0. The number of nitrogens with one attached hydrogen (secondary N) is 1. The van der Waals surface area contributed by atoms with Gasteiger partial charge in [0.1, 0.15) is 0 Å². The van der Waals surface area contributed by atoms with Crippen LogP contribution in [0.1, 0.15) is 39.7 Å². The molecule has 0 fully saturated rings. The smallest absolute Gasteiger partial charge is 0.267 e. The summed E-state index contributed by atoms with van der Waals surface area (Å²) in [6.45, 7) is 4.19. The summed E-state index contributed by atoms with van der Waals surface area (Å²) >= 11 is 1.59. The normalized spacial score (nSPS) is 11.3. The number of carbonyl (C=O) groups is 1. The van der Waals surface area contributed by atoms with Crippen molar-refractivity contribution in [3.63, 3.8) is 0 Å². The molecule has 0 aliphatic heterocycles. The molecule has 0 atom stereocenters. The van der Waals surface area contributed by atoms with Crippen LogP contribution >= 0.6 is 11.3 Å². The third kappa shape index (κ3) is 4.31. The van der Waals surface area contributed by atoms with Gasteiger partial charge in [0.15, 0.2) is 0 Å². The SMILES string of the molecule is CCCc1ccc(-c2cc(C(=O)N/N=C\c3sccc3C)c3ccccc3n2)cc1. The van der Waals surface area contributed by atoms with Gasteiger partial charge in [-0.2, -0.15) is 5.10 Å². The molecule has 0 unspecified atom stereocenters. The van der Waals surface area contributed by atoms with Crippen molar-refractivity contribution in [1.82, 2.24) is 10.4 Å². The van der Waals surface area contributed by atoms with Crippen LogP contribution in [0.5, 0.6) is 0 Å². The highest BCUT2D eigenvalue weighted by Crippen LogP contribution is 2.25. The zero-order valence-corrected chi connectivity index (χ0v) is 17.9. The Kier molecular flexibility index (Phi) is 6.00. The molecular formula is C25H23N3OS. The number of fused-ring (bicyclic) bond motifs is 1. The maximum atomic E-state index is 12.9. The van der Waals surface area contributed by atoms with Crippen LogP contribution in [0.2, 0.25) is 0 Å². The second kappa shape index (κ2) is 9.01. The van der Waals surface area contributed by atoms with Gasteiger partial charge in [-0.3, -0.25) is 4.79 Å². The average molecular weight is 414 g/mol. The number of nitrogens with zero attached hydrogens (tertiary/aromatic N) is 2. The van der Waals surface area contributed by atoms with Crippen molar-refractivity contribution in [2.45, 2.75) is 26.7 Å². The Bertz CT molecular complexity index is 1210. The third-order valence-corrected chi connectivity index (χ3v) is 5.95. The number of aromatic nitrogens is 1. The minimum absolute atomic E-state index is 0.247. The van der Waals surface area contributed by atoms with Gasteiger partial charge < -0.3 is 0 Å². The number of thiophene rings is 1. The van der Waals surface area contributed by atoms with Crippen molar-refractivity contribution in [3.8, 4) is 11.3 Å². The molecule has 0 aliphatic carbocycles. The number of amides is 1. The minimum atomic E-state index is -0.247. The van der Waals surface area contributed by atoms with Gasteiger partial charge in [-0.1, -0.05) is 55.8 Å². The molecule has 0 saturated carbocycles. The number of pyridine rings is 1. The van der Waals surface area contributed by atoms with Crippen LogP contribution in [0.3, 0.4) is 0 Å². The van der Waals surface area contributed by atoms with E-state index in [1.165, 1.54) is 5.56 Å². The molecule has 2 heterocycles. The number of benzene rings is 2. The first-order chi connectivity index (χ1) is 14.7. The van der Waals surface area contributed by atoms with Gasteiger partial charge in [-0.05, 0) is 48.1 Å². The molecule has 4 nitrogen and oxygen atoms in total. The highest BCUT2D eigenvalue weighted by Gasteiger charge is 2.13. The number of aryl methyl sites for hydroxylation is 2. The standard InChI is InChI=1S/C25H23N3OS/c1-3-6-18-9-11-19(12-10-18)23-15-21(20-7-4-5-8-22(20)27-23)25(29)28-26-16-24-17(2)13-14-30-24/h4-5,7-16H,3,6H2,1-2H3,(H,28,29)/b26-16-. The third-order valence-electron chi connectivity index (χ3n) is 5.00. The molecule has 0 saturated heterocycles. The lowest BCUT2D eigenvalue weighted by molar-refractivity contribution is 0.0956. The Morgan fingerprint density at radius 3 is 2.67 bits per heavy atom. The molecule has 5 heteroatoms. The van der Waals surface area contributed by atoms with Gasteiger partial charge in [0.2, 0.25) is 0 Å². The Morgan fingerprint density at radius 2 is 1.93 bits per heavy atom. The van der Waals surface area contributed by atoms with Crippen LogP contribution in [0.15, 0.2) is 71.1 Å². The molecule has 4 aromatic rings. The summed E-state index contributed by atoms with van der Waals surface area (Å²) in [6.07, 6.45) is 3.86. The van der Waals surface area contributed by atoms with Crippen LogP contribution < -0.4 is 5.43 Å². The van der Waals surface area contributed by atoms with E-state index in [1.807, 2.05) is 48.7 Å². The van der Waals surface area contributed by atoms with Crippen LogP contribution in [0.4, 0.5) is 0 Å². The van der Waals surface area contributed by atoms with E-state index in [0.29, 0.717) is 5.56 Å². The van der Waals surface area contributed by atoms with Crippen molar-refractivity contribution >= 4 is 34.4 Å². The molecule has 0 spiro atoms. The fourth-order valence-electron chi connectivity index (χ4n) is 3.37. The highest BCUT2D eigenvalue weighted by molar-refractivity contribution is 7.11. The van der Waals surface area contributed by atoms with Gasteiger partial charge in [0, 0.05) is 15.8 Å². The van der Waals surface area contributed by atoms with Gasteiger partial charge in [-0.25, -0.2) is 10.4 Å². The first-order valence-electron chi connectivity index (χ1n) is 10.0. The van der Waals surface area contributed by atoms with Crippen molar-refractivity contribution in [2.24, 2.45) is 5.10 Å². The molecule has 1 N–H and O–H groups in total. The van der Waals surface area contributed by atoms with Crippen molar-refractivity contribution < 1.29 is 4.79 Å². The summed E-state index contributed by atoms with van der Waals surface area (Å²) in [4.78, 5) is 18.8. The second-order valence-corrected chi connectivity index (χ2v) is 8.13. The molecule has 0 aliphatic rings. The molecule has 2 aromatic heterocycles. The lowest BCUT2D eigenvalue weighted by Crippen LogP contribution is -2.18. The van der Waals surface area contributed by atoms with Crippen molar-refractivity contribution in [1.29, 1.82) is 0 Å². The predicted octanol–water partition coefficient (Wildman–Crippen LogP) is 5.99. The van der Waals surface area contributed by atoms with E-state index in [2.05, 4.69) is 41.7 Å². The Morgan fingerprint density at radius 1 is 1.13 bits per heavy atom. The van der Waals surface area contributed by atoms with Gasteiger partial charge in [0.05, 0.1) is 23.0 Å². The number of hydrazone groups is 1. The van der Waals surface area contributed by atoms with Gasteiger partial charge in [0.25, 0.3) is 5.91 Å². The van der Waals surface area contributed by atoms with E-state index in [1.54, 1.807) is 17.6 Å². The summed E-state index contributed by atoms with van der Waals surface area (Å²) in [5, 5.41) is 6.97. The van der Waals surface area contributed by atoms with Crippen LogP contribution in [-0.4, -0.2) is 17.1 Å². The zero-order chi connectivity index (χ0) is 20.9. The predicted molar refractivity (Wildman–Crippen MR) is 125 cm³/mol. The molecular weight excluding hydrogens is 390 g/mol. The van der Waals surface area contributed by atoms with E-state index in [9.17, 15) is 4.79 Å². The first kappa shape index (κ1) is 20.0. The van der Waals surface area contributed by atoms with Gasteiger partial charge in [-0.15, -0.1) is 11.3 Å². The summed E-state index contributed by atoms with van der Waals surface area (Å²) in [6, 6.07) is 20.0. The summed E-state index contributed by atoms with van der Waals surface area (Å²) in [5.74, 6) is -0.247. The van der Waals surface area contributed by atoms with E-state index < -0.39 is 0 Å². The monoisotopic (exact) mass is 413 g/mol. The maximum absolute atomic E-state index is 12.9. The second-order valence-electron chi connectivity index (χ2n) is 7.19. The number of rotatable bonds is 6. The largest absolute Gasteiger partial charge is 0.272 e. The first-order valence-corrected chi connectivity index (χ1v) is 10.9. The number of para-hydroxylation sites is 1. The van der Waals surface area contributed by atoms with Crippen LogP contribution in [-0.2, 0) is 6.42 Å². The minimum Gasteiger partial charge on any atom is -0.267 e. The average Bonchev–Trinajstić information content (AvgIpc) is 3.18. The van der Waals surface area contributed by atoms with E-state index in [-0.39, 0.29) is 5.91 Å². The number of hydrogen-bond acceptors (Lipinski definition) is 4. The molecule has 0 radical (unpaired) electrons. The number of hydrogen-bond donors (Lipinski definition) is 1. The van der Waals surface area contributed by atoms with Crippen molar-refractivity contribution in [2.75, 3.05) is 0 Å². The van der Waals surface area contributed by atoms with E-state index in [0.717, 1.165) is 45.4 Å². The van der Waals surface area contributed by atoms with Crippen LogP contribution in [0, 0.1) is 6.92 Å². The topological polar surface area (TPSA) is 54.4 Å². The lowest BCUT2D eigenvalue weighted by atomic mass is 10.0. The molecule has 1 amide bonds. The molecule has 150 valence electrons. The van der Waals surface area contributed by atoms with Gasteiger partial charge >= 0.3 is 0 Å². The molecule has 4 rings (SSSR count). The fourth-order valence-corrected chi connectivity index (χ4v) is 4.15. The Hall–Kier alpha value is -3.31. The van der Waals surface area contributed by atoms with E-state index in [4.69, 9.17) is 4.98 Å². The Balaban J connectivity index is 1.67. The summed E-state index contributed by atoms with van der Waals surface area (Å²) in [5.41, 5.74) is 8.24. The fraction of sp³-hybridized carbons (Fsp3) is 0.160. The summed E-state index contributed by atoms with van der Waals surface area (Å²) in [7, 11) is 0. The molecule has 0 bridgehead atoms. The van der Waals surface area contributed by atoms with E-state index >= 15 is 0 Å². The number of carbonyl (C=O) groups excluding carboxylic acids is 1. The highest BCUT2D eigenvalue weighted by atomic mass is 32.1. The molecule has 30 heavy (non-hydrogen) atoms. The zero-order valence-electron chi connectivity index (χ0n) is 17.1. The molecule has 2 aromatic carbocycles. The van der Waals surface area contributed by atoms with Crippen molar-refractivity contribution in [3.05, 3.63) is 87.6 Å². The van der Waals surface area contributed by atoms with Crippen LogP contribution in [0.25, 0.3) is 22.2 Å².